The summed E-state index contributed by atoms with van der Waals surface area (Å²) in [6.45, 7) is 0.498. The number of amides is 1. The van der Waals surface area contributed by atoms with Crippen LogP contribution in [0.25, 0.3) is 22.0 Å². The number of nitrogens with one attached hydrogen (secondary N) is 1. The number of anilines is 1. The van der Waals surface area contributed by atoms with Gasteiger partial charge < -0.3 is 19.7 Å². The maximum absolute atomic E-state index is 12.8. The quantitative estimate of drug-likeness (QED) is 0.270. The highest BCUT2D eigenvalue weighted by Gasteiger charge is 2.12. The minimum absolute atomic E-state index is 0.0872. The second-order valence-electron chi connectivity index (χ2n) is 8.84. The molecule has 0 radical (unpaired) electrons. The molecule has 0 aliphatic rings. The van der Waals surface area contributed by atoms with Crippen molar-refractivity contribution in [1.29, 1.82) is 0 Å². The first-order chi connectivity index (χ1) is 18.0. The number of nitrogens with zero attached hydrogens (tertiary/aromatic N) is 1. The smallest absolute Gasteiger partial charge is 0.335 e. The summed E-state index contributed by atoms with van der Waals surface area (Å²) in [5.41, 5.74) is 5.91. The molecule has 37 heavy (non-hydrogen) atoms. The molecule has 0 bridgehead atoms. The number of carbonyl (C=O) groups is 2. The van der Waals surface area contributed by atoms with Crippen molar-refractivity contribution in [3.63, 3.8) is 0 Å². The Bertz CT molecular complexity index is 1570. The first kappa shape index (κ1) is 23.9. The van der Waals surface area contributed by atoms with Crippen molar-refractivity contribution in [2.75, 3.05) is 12.4 Å². The van der Waals surface area contributed by atoms with Crippen molar-refractivity contribution < 1.29 is 19.4 Å². The van der Waals surface area contributed by atoms with E-state index in [4.69, 9.17) is 4.74 Å². The maximum atomic E-state index is 12.8. The molecular weight excluding hydrogens is 464 g/mol. The van der Waals surface area contributed by atoms with Gasteiger partial charge in [-0.2, -0.15) is 0 Å². The molecule has 1 aromatic heterocycles. The summed E-state index contributed by atoms with van der Waals surface area (Å²) in [5, 5.41) is 13.3. The predicted molar refractivity (Wildman–Crippen MR) is 145 cm³/mol. The average Bonchev–Trinajstić information content (AvgIpc) is 3.31. The van der Waals surface area contributed by atoms with Gasteiger partial charge in [-0.15, -0.1) is 0 Å². The van der Waals surface area contributed by atoms with Crippen molar-refractivity contribution in [3.8, 4) is 16.9 Å². The van der Waals surface area contributed by atoms with Gasteiger partial charge in [-0.1, -0.05) is 66.7 Å². The minimum Gasteiger partial charge on any atom is -0.496 e. The zero-order valence-corrected chi connectivity index (χ0v) is 20.3. The molecule has 0 saturated carbocycles. The molecule has 0 fully saturated rings. The second kappa shape index (κ2) is 10.4. The molecule has 6 nitrogen and oxygen atoms in total. The summed E-state index contributed by atoms with van der Waals surface area (Å²) in [7, 11) is 1.53. The maximum Gasteiger partial charge on any atom is 0.335 e. The van der Waals surface area contributed by atoms with Crippen LogP contribution in [0.2, 0.25) is 0 Å². The van der Waals surface area contributed by atoms with Crippen molar-refractivity contribution in [2.24, 2.45) is 0 Å². The van der Waals surface area contributed by atoms with Crippen LogP contribution in [-0.4, -0.2) is 28.7 Å². The molecule has 4 aromatic carbocycles. The third-order valence-electron chi connectivity index (χ3n) is 6.36. The normalized spacial score (nSPS) is 10.8. The number of aromatic nitrogens is 1. The molecule has 0 aliphatic carbocycles. The molecule has 1 amide bonds. The van der Waals surface area contributed by atoms with Crippen LogP contribution in [0.5, 0.6) is 5.75 Å². The fraction of sp³-hybridized carbons (Fsp3) is 0.0968. The molecule has 5 rings (SSSR count). The predicted octanol–water partition coefficient (Wildman–Crippen LogP) is 6.24. The highest BCUT2D eigenvalue weighted by molar-refractivity contribution is 5.95. The van der Waals surface area contributed by atoms with Crippen molar-refractivity contribution in [2.45, 2.75) is 13.0 Å². The van der Waals surface area contributed by atoms with Crippen LogP contribution in [0, 0.1) is 0 Å². The van der Waals surface area contributed by atoms with Gasteiger partial charge in [0.1, 0.15) is 5.75 Å². The van der Waals surface area contributed by atoms with Crippen LogP contribution in [0.4, 0.5) is 5.69 Å². The first-order valence-corrected chi connectivity index (χ1v) is 11.9. The number of aromatic carboxylic acids is 1. The monoisotopic (exact) mass is 490 g/mol. The van der Waals surface area contributed by atoms with Gasteiger partial charge in [-0.05, 0) is 52.4 Å². The summed E-state index contributed by atoms with van der Waals surface area (Å²) in [4.78, 5) is 24.1. The number of hydrogen-bond acceptors (Lipinski definition) is 3. The fourth-order valence-corrected chi connectivity index (χ4v) is 4.43. The van der Waals surface area contributed by atoms with Gasteiger partial charge in [0, 0.05) is 17.4 Å². The first-order valence-electron chi connectivity index (χ1n) is 11.9. The zero-order chi connectivity index (χ0) is 25.8. The van der Waals surface area contributed by atoms with E-state index in [-0.39, 0.29) is 17.9 Å². The largest absolute Gasteiger partial charge is 0.496 e. The number of hydrogen-bond donors (Lipinski definition) is 2. The van der Waals surface area contributed by atoms with E-state index in [0.717, 1.165) is 33.2 Å². The van der Waals surface area contributed by atoms with Crippen LogP contribution in [0.15, 0.2) is 103 Å². The highest BCUT2D eigenvalue weighted by atomic mass is 16.5. The van der Waals surface area contributed by atoms with E-state index in [2.05, 4.69) is 17.4 Å². The van der Waals surface area contributed by atoms with Crippen molar-refractivity contribution in [3.05, 3.63) is 120 Å². The van der Waals surface area contributed by atoms with Crippen LogP contribution in [-0.2, 0) is 17.8 Å². The van der Waals surface area contributed by atoms with Crippen molar-refractivity contribution in [1.82, 2.24) is 4.57 Å². The Morgan fingerprint density at radius 3 is 2.35 bits per heavy atom. The number of methoxy groups -OCH3 is 1. The van der Waals surface area contributed by atoms with Crippen LogP contribution < -0.4 is 10.1 Å². The lowest BCUT2D eigenvalue weighted by Gasteiger charge is -2.12. The van der Waals surface area contributed by atoms with Crippen LogP contribution >= 0.6 is 0 Å². The third-order valence-corrected chi connectivity index (χ3v) is 6.36. The molecular formula is C31H26N2O4. The van der Waals surface area contributed by atoms with E-state index in [9.17, 15) is 14.7 Å². The zero-order valence-electron chi connectivity index (χ0n) is 20.3. The summed E-state index contributed by atoms with van der Waals surface area (Å²) >= 11 is 0. The Morgan fingerprint density at radius 1 is 0.865 bits per heavy atom. The Labute approximate surface area is 214 Å². The summed E-state index contributed by atoms with van der Waals surface area (Å²) in [5.74, 6) is -0.566. The molecule has 2 N–H and O–H groups in total. The Kier molecular flexibility index (Phi) is 6.72. The minimum atomic E-state index is -0.996. The summed E-state index contributed by atoms with van der Waals surface area (Å²) < 4.78 is 7.48. The number of rotatable bonds is 8. The lowest BCUT2D eigenvalue weighted by Crippen LogP contribution is -2.14. The molecule has 0 atom stereocenters. The molecule has 5 aromatic rings. The number of ether oxygens (including phenoxy) is 1. The standard InChI is InChI=1S/C31H26N2O4/c1-37-29-18-25(31(35)36)11-12-26(29)20-33-16-15-24-13-14-27(19-28(24)33)32-30(34)17-21-7-9-23(10-8-21)22-5-3-2-4-6-22/h2-16,18-19H,17,20H2,1H3,(H,32,34)(H,35,36). The van der Waals surface area contributed by atoms with Gasteiger partial charge in [-0.25, -0.2) is 4.79 Å². The second-order valence-corrected chi connectivity index (χ2v) is 8.84. The molecule has 6 heteroatoms. The fourth-order valence-electron chi connectivity index (χ4n) is 4.43. The SMILES string of the molecule is COc1cc(C(=O)O)ccc1Cn1ccc2ccc(NC(=O)Cc3ccc(-c4ccccc4)cc3)cc21. The van der Waals surface area contributed by atoms with Gasteiger partial charge in [-0.3, -0.25) is 4.79 Å². The molecule has 0 spiro atoms. The van der Waals surface area contributed by atoms with E-state index in [1.165, 1.54) is 13.2 Å². The molecule has 0 aliphatic heterocycles. The molecule has 1 heterocycles. The van der Waals surface area contributed by atoms with E-state index < -0.39 is 5.97 Å². The van der Waals surface area contributed by atoms with Gasteiger partial charge in [0.2, 0.25) is 5.91 Å². The molecule has 0 unspecified atom stereocenters. The number of carbonyl (C=O) groups excluding carboxylic acids is 1. The van der Waals surface area contributed by atoms with Crippen LogP contribution in [0.1, 0.15) is 21.5 Å². The topological polar surface area (TPSA) is 80.6 Å². The Balaban J connectivity index is 1.30. The van der Waals surface area contributed by atoms with E-state index in [0.29, 0.717) is 18.0 Å². The number of carboxylic acid groups (broad SMARTS) is 1. The Morgan fingerprint density at radius 2 is 1.62 bits per heavy atom. The average molecular weight is 491 g/mol. The molecule has 184 valence electrons. The highest BCUT2D eigenvalue weighted by Crippen LogP contribution is 2.26. The lowest BCUT2D eigenvalue weighted by molar-refractivity contribution is -0.115. The van der Waals surface area contributed by atoms with E-state index in [1.54, 1.807) is 12.1 Å². The molecule has 0 saturated heterocycles. The van der Waals surface area contributed by atoms with Crippen molar-refractivity contribution >= 4 is 28.5 Å². The lowest BCUT2D eigenvalue weighted by atomic mass is 10.0. The Hall–Kier alpha value is -4.84. The van der Waals surface area contributed by atoms with Gasteiger partial charge in [0.05, 0.1) is 31.2 Å². The summed E-state index contributed by atoms with van der Waals surface area (Å²) in [6.07, 6.45) is 2.25. The van der Waals surface area contributed by atoms with Gasteiger partial charge in [0.15, 0.2) is 0 Å². The van der Waals surface area contributed by atoms with E-state index in [1.807, 2.05) is 77.5 Å². The van der Waals surface area contributed by atoms with Crippen LogP contribution in [0.3, 0.4) is 0 Å². The van der Waals surface area contributed by atoms with Gasteiger partial charge >= 0.3 is 5.97 Å². The number of benzene rings is 4. The van der Waals surface area contributed by atoms with E-state index >= 15 is 0 Å². The number of fused-ring (bicyclic) bond motifs is 1. The summed E-state index contributed by atoms with van der Waals surface area (Å²) in [6, 6.07) is 30.9. The number of carboxylic acids is 1. The van der Waals surface area contributed by atoms with Gasteiger partial charge in [0.25, 0.3) is 0 Å². The third kappa shape index (κ3) is 5.38.